The van der Waals surface area contributed by atoms with E-state index < -0.39 is 0 Å². The van der Waals surface area contributed by atoms with Gasteiger partial charge in [0.1, 0.15) is 0 Å². The van der Waals surface area contributed by atoms with E-state index in [1.807, 2.05) is 4.57 Å². The predicted molar refractivity (Wildman–Crippen MR) is 88.4 cm³/mol. The first-order chi connectivity index (χ1) is 10.1. The minimum Gasteiger partial charge on any atom is -0.268 e. The first-order valence-corrected chi connectivity index (χ1v) is 7.29. The van der Waals surface area contributed by atoms with Crippen LogP contribution in [0, 0.1) is 25.5 Å². The Labute approximate surface area is 129 Å². The van der Waals surface area contributed by atoms with Crippen LogP contribution in [0.1, 0.15) is 16.7 Å². The normalized spacial score (nSPS) is 10.8. The van der Waals surface area contributed by atoms with Crippen molar-refractivity contribution >= 4 is 12.2 Å². The maximum atomic E-state index is 5.40. The molecule has 0 amide bonds. The molecule has 3 rings (SSSR count). The van der Waals surface area contributed by atoms with Crippen molar-refractivity contribution in [3.8, 4) is 17.1 Å². The van der Waals surface area contributed by atoms with E-state index in [2.05, 4.69) is 73.4 Å². The zero-order chi connectivity index (χ0) is 15.0. The minimum atomic E-state index is 0.605. The van der Waals surface area contributed by atoms with Gasteiger partial charge in [0.25, 0.3) is 0 Å². The van der Waals surface area contributed by atoms with Gasteiger partial charge >= 0.3 is 0 Å². The first-order valence-electron chi connectivity index (χ1n) is 6.88. The zero-order valence-electron chi connectivity index (χ0n) is 12.3. The molecule has 0 aliphatic rings. The number of H-pyrrole nitrogens is 1. The average molecular weight is 295 g/mol. The Hall–Kier alpha value is -2.20. The molecule has 0 saturated heterocycles. The molecule has 0 spiro atoms. The number of rotatable bonds is 2. The number of benzene rings is 2. The van der Waals surface area contributed by atoms with Gasteiger partial charge in [-0.3, -0.25) is 9.67 Å². The lowest BCUT2D eigenvalue weighted by Gasteiger charge is -2.09. The quantitative estimate of drug-likeness (QED) is 0.705. The summed E-state index contributed by atoms with van der Waals surface area (Å²) in [6.07, 6.45) is 0. The third kappa shape index (κ3) is 2.54. The lowest BCUT2D eigenvalue weighted by atomic mass is 10.1. The van der Waals surface area contributed by atoms with Gasteiger partial charge in [0.15, 0.2) is 10.6 Å². The van der Waals surface area contributed by atoms with Crippen molar-refractivity contribution in [2.75, 3.05) is 0 Å². The van der Waals surface area contributed by atoms with Crippen molar-refractivity contribution in [1.29, 1.82) is 0 Å². The van der Waals surface area contributed by atoms with Crippen LogP contribution < -0.4 is 0 Å². The number of nitrogens with one attached hydrogen (secondary N) is 1. The molecule has 0 aliphatic heterocycles. The van der Waals surface area contributed by atoms with E-state index >= 15 is 0 Å². The largest absolute Gasteiger partial charge is 0.268 e. The van der Waals surface area contributed by atoms with E-state index in [-0.39, 0.29) is 0 Å². The molecular formula is C17H17N3S. The van der Waals surface area contributed by atoms with Crippen LogP contribution in [0.4, 0.5) is 0 Å². The summed E-state index contributed by atoms with van der Waals surface area (Å²) >= 11 is 5.40. The molecule has 1 aromatic heterocycles. The number of nitrogens with zero attached hydrogens (tertiary/aromatic N) is 2. The van der Waals surface area contributed by atoms with Gasteiger partial charge in [-0.15, -0.1) is 0 Å². The first kappa shape index (κ1) is 13.8. The van der Waals surface area contributed by atoms with Gasteiger partial charge in [0.05, 0.1) is 5.69 Å². The van der Waals surface area contributed by atoms with Crippen LogP contribution in [0.2, 0.25) is 0 Å². The second kappa shape index (κ2) is 5.30. The fourth-order valence-corrected chi connectivity index (χ4v) is 2.53. The Bertz CT molecular complexity index is 841. The van der Waals surface area contributed by atoms with Gasteiger partial charge in [-0.1, -0.05) is 35.9 Å². The number of hydrogen-bond donors (Lipinski definition) is 1. The van der Waals surface area contributed by atoms with Crippen molar-refractivity contribution in [2.24, 2.45) is 0 Å². The summed E-state index contributed by atoms with van der Waals surface area (Å²) in [5.41, 5.74) is 5.82. The van der Waals surface area contributed by atoms with Gasteiger partial charge in [0, 0.05) is 5.56 Å². The minimum absolute atomic E-state index is 0.605. The highest BCUT2D eigenvalue weighted by molar-refractivity contribution is 7.71. The van der Waals surface area contributed by atoms with Gasteiger partial charge in [-0.05, 0) is 56.2 Å². The molecule has 1 N–H and O–H groups in total. The van der Waals surface area contributed by atoms with Crippen molar-refractivity contribution in [3.05, 3.63) is 63.9 Å². The van der Waals surface area contributed by atoms with Crippen LogP contribution in [0.5, 0.6) is 0 Å². The SMILES string of the molecule is Cc1ccc(-c2n[nH]c(=S)n2-c2ccc(C)c(C)c2)cc1. The number of aromatic amines is 1. The highest BCUT2D eigenvalue weighted by atomic mass is 32.1. The summed E-state index contributed by atoms with van der Waals surface area (Å²) in [6, 6.07) is 14.6. The third-order valence-electron chi connectivity index (χ3n) is 3.73. The molecule has 0 saturated carbocycles. The van der Waals surface area contributed by atoms with Gasteiger partial charge in [-0.25, -0.2) is 0 Å². The molecule has 1 heterocycles. The molecule has 0 atom stereocenters. The lowest BCUT2D eigenvalue weighted by molar-refractivity contribution is 1.03. The van der Waals surface area contributed by atoms with Crippen molar-refractivity contribution in [3.63, 3.8) is 0 Å². The van der Waals surface area contributed by atoms with Crippen molar-refractivity contribution in [2.45, 2.75) is 20.8 Å². The molecule has 3 nitrogen and oxygen atoms in total. The summed E-state index contributed by atoms with van der Waals surface area (Å²) in [5.74, 6) is 0.836. The molecule has 2 aromatic carbocycles. The molecule has 0 unspecified atom stereocenters. The van der Waals surface area contributed by atoms with E-state index in [1.54, 1.807) is 0 Å². The molecule has 0 aliphatic carbocycles. The molecule has 0 bridgehead atoms. The molecule has 4 heteroatoms. The van der Waals surface area contributed by atoms with E-state index in [4.69, 9.17) is 12.2 Å². The summed E-state index contributed by atoms with van der Waals surface area (Å²) in [5, 5.41) is 7.29. The summed E-state index contributed by atoms with van der Waals surface area (Å²) in [6.45, 7) is 6.28. The van der Waals surface area contributed by atoms with Crippen LogP contribution >= 0.6 is 12.2 Å². The summed E-state index contributed by atoms with van der Waals surface area (Å²) in [7, 11) is 0. The zero-order valence-corrected chi connectivity index (χ0v) is 13.2. The van der Waals surface area contributed by atoms with Crippen molar-refractivity contribution in [1.82, 2.24) is 14.8 Å². The van der Waals surface area contributed by atoms with Crippen LogP contribution in [0.25, 0.3) is 17.1 Å². The predicted octanol–water partition coefficient (Wildman–Crippen LogP) is 4.52. The molecule has 21 heavy (non-hydrogen) atoms. The molecular weight excluding hydrogens is 278 g/mol. The number of aryl methyl sites for hydroxylation is 3. The Kier molecular flexibility index (Phi) is 3.47. The topological polar surface area (TPSA) is 33.6 Å². The average Bonchev–Trinajstić information content (AvgIpc) is 2.85. The van der Waals surface area contributed by atoms with Crippen LogP contribution in [0.15, 0.2) is 42.5 Å². The van der Waals surface area contributed by atoms with Gasteiger partial charge in [0.2, 0.25) is 0 Å². The second-order valence-corrected chi connectivity index (χ2v) is 5.71. The number of aromatic nitrogens is 3. The Morgan fingerprint density at radius 3 is 2.33 bits per heavy atom. The molecule has 3 aromatic rings. The maximum Gasteiger partial charge on any atom is 0.200 e. The Morgan fingerprint density at radius 1 is 0.952 bits per heavy atom. The molecule has 0 radical (unpaired) electrons. The fourth-order valence-electron chi connectivity index (χ4n) is 2.30. The van der Waals surface area contributed by atoms with Gasteiger partial charge < -0.3 is 0 Å². The third-order valence-corrected chi connectivity index (χ3v) is 4.00. The smallest absolute Gasteiger partial charge is 0.200 e. The Balaban J connectivity index is 2.19. The van der Waals surface area contributed by atoms with Crippen LogP contribution in [0.3, 0.4) is 0 Å². The highest BCUT2D eigenvalue weighted by Gasteiger charge is 2.11. The van der Waals surface area contributed by atoms with E-state index in [0.29, 0.717) is 4.77 Å². The fraction of sp³-hybridized carbons (Fsp3) is 0.176. The van der Waals surface area contributed by atoms with Crippen LogP contribution in [-0.4, -0.2) is 14.8 Å². The Morgan fingerprint density at radius 2 is 1.67 bits per heavy atom. The van der Waals surface area contributed by atoms with Gasteiger partial charge in [-0.2, -0.15) is 5.10 Å². The second-order valence-electron chi connectivity index (χ2n) is 5.32. The maximum absolute atomic E-state index is 5.40. The highest BCUT2D eigenvalue weighted by Crippen LogP contribution is 2.23. The summed E-state index contributed by atoms with van der Waals surface area (Å²) in [4.78, 5) is 0. The standard InChI is InChI=1S/C17H17N3S/c1-11-4-7-14(8-5-11)16-18-19-17(21)20(16)15-9-6-12(2)13(3)10-15/h4-10H,1-3H3,(H,19,21). The van der Waals surface area contributed by atoms with Crippen molar-refractivity contribution < 1.29 is 0 Å². The lowest BCUT2D eigenvalue weighted by Crippen LogP contribution is -1.99. The molecule has 106 valence electrons. The number of hydrogen-bond acceptors (Lipinski definition) is 2. The van der Waals surface area contributed by atoms with E-state index in [0.717, 1.165) is 17.1 Å². The van der Waals surface area contributed by atoms with Crippen LogP contribution in [-0.2, 0) is 0 Å². The summed E-state index contributed by atoms with van der Waals surface area (Å²) < 4.78 is 2.58. The van der Waals surface area contributed by atoms with E-state index in [9.17, 15) is 0 Å². The molecule has 0 fully saturated rings. The van der Waals surface area contributed by atoms with E-state index in [1.165, 1.54) is 16.7 Å². The monoisotopic (exact) mass is 295 g/mol.